The van der Waals surface area contributed by atoms with Gasteiger partial charge in [0, 0.05) is 19.3 Å². The number of carbonyl (C=O) groups excluding carboxylic acids is 5. The van der Waals surface area contributed by atoms with Crippen molar-refractivity contribution in [2.75, 3.05) is 0 Å². The Labute approximate surface area is 174 Å². The van der Waals surface area contributed by atoms with Gasteiger partial charge in [-0.3, -0.25) is 28.8 Å². The van der Waals surface area contributed by atoms with Gasteiger partial charge < -0.3 is 27.2 Å². The van der Waals surface area contributed by atoms with Crippen molar-refractivity contribution < 1.29 is 33.9 Å². The van der Waals surface area contributed by atoms with Crippen LogP contribution < -0.4 is 22.1 Å². The second kappa shape index (κ2) is 9.90. The van der Waals surface area contributed by atoms with Gasteiger partial charge in [-0.1, -0.05) is 13.8 Å². The summed E-state index contributed by atoms with van der Waals surface area (Å²) in [7, 11) is 0. The molecule has 0 aromatic carbocycles. The Kier molecular flexibility index (Phi) is 8.37. The van der Waals surface area contributed by atoms with Crippen LogP contribution in [0.4, 0.5) is 0 Å². The van der Waals surface area contributed by atoms with Gasteiger partial charge in [0.25, 0.3) is 0 Å². The largest absolute Gasteiger partial charge is 0.481 e. The number of hydrogen-bond donors (Lipinski definition) is 5. The zero-order valence-corrected chi connectivity index (χ0v) is 17.3. The summed E-state index contributed by atoms with van der Waals surface area (Å²) >= 11 is 0. The van der Waals surface area contributed by atoms with Gasteiger partial charge >= 0.3 is 5.97 Å². The lowest BCUT2D eigenvalue weighted by Gasteiger charge is -2.38. The van der Waals surface area contributed by atoms with Crippen molar-refractivity contribution in [2.24, 2.45) is 22.8 Å². The van der Waals surface area contributed by atoms with Gasteiger partial charge in [-0.2, -0.15) is 0 Å². The molecule has 1 fully saturated rings. The zero-order chi connectivity index (χ0) is 23.3. The molecule has 1 rings (SSSR count). The number of carbonyl (C=O) groups is 5. The number of ketones is 2. The molecule has 0 aromatic rings. The van der Waals surface area contributed by atoms with E-state index >= 15 is 0 Å². The molecule has 1 unspecified atom stereocenters. The molecule has 0 aromatic heterocycles. The van der Waals surface area contributed by atoms with Gasteiger partial charge in [0.1, 0.15) is 11.7 Å². The summed E-state index contributed by atoms with van der Waals surface area (Å²) < 4.78 is 0. The summed E-state index contributed by atoms with van der Waals surface area (Å²) in [4.78, 5) is 71.9. The average Bonchev–Trinajstić information content (AvgIpc) is 2.93. The molecule has 11 heteroatoms. The van der Waals surface area contributed by atoms with Crippen molar-refractivity contribution in [1.29, 1.82) is 0 Å². The highest BCUT2D eigenvalue weighted by molar-refractivity contribution is 6.24. The Morgan fingerprint density at radius 2 is 1.73 bits per heavy atom. The number of nitrogens with one attached hydrogen (secondary N) is 2. The number of amides is 2. The van der Waals surface area contributed by atoms with Crippen molar-refractivity contribution in [3.05, 3.63) is 0 Å². The molecule has 0 saturated heterocycles. The topological polar surface area (TPSA) is 199 Å². The molecule has 30 heavy (non-hydrogen) atoms. The Balaban J connectivity index is 3.01. The second-order valence-electron chi connectivity index (χ2n) is 8.12. The smallest absolute Gasteiger partial charge is 0.303 e. The Morgan fingerprint density at radius 1 is 1.20 bits per heavy atom. The molecular weight excluding hydrogens is 396 g/mol. The molecule has 0 spiro atoms. The zero-order valence-electron chi connectivity index (χ0n) is 17.3. The van der Waals surface area contributed by atoms with Crippen LogP contribution in [0.15, 0.2) is 0 Å². The average molecular weight is 425 g/mol. The molecule has 1 aliphatic rings. The number of nitrogens with two attached hydrogens (primary N) is 2. The van der Waals surface area contributed by atoms with Gasteiger partial charge in [0.05, 0.1) is 6.04 Å². The van der Waals surface area contributed by atoms with Crippen LogP contribution in [0, 0.1) is 11.3 Å². The molecule has 7 N–H and O–H groups in total. The van der Waals surface area contributed by atoms with Crippen LogP contribution in [0.2, 0.25) is 0 Å². The van der Waals surface area contributed by atoms with Gasteiger partial charge in [0.2, 0.25) is 18.1 Å². The molecule has 2 amide bonds. The molecule has 0 heterocycles. The third kappa shape index (κ3) is 5.48. The molecule has 0 bridgehead atoms. The van der Waals surface area contributed by atoms with E-state index in [9.17, 15) is 28.8 Å². The van der Waals surface area contributed by atoms with Crippen molar-refractivity contribution >= 4 is 35.6 Å². The van der Waals surface area contributed by atoms with Crippen LogP contribution in [-0.4, -0.2) is 58.5 Å². The summed E-state index contributed by atoms with van der Waals surface area (Å²) in [6.07, 6.45) is 0.796. The normalized spacial score (nSPS) is 19.7. The van der Waals surface area contributed by atoms with Gasteiger partial charge in [0.15, 0.2) is 17.0 Å². The first-order valence-corrected chi connectivity index (χ1v) is 9.63. The van der Waals surface area contributed by atoms with Gasteiger partial charge in [-0.25, -0.2) is 0 Å². The van der Waals surface area contributed by atoms with Crippen LogP contribution >= 0.6 is 0 Å². The van der Waals surface area contributed by atoms with Gasteiger partial charge in [-0.15, -0.1) is 0 Å². The lowest BCUT2D eigenvalue weighted by Crippen LogP contribution is -2.71. The maximum absolute atomic E-state index is 12.9. The summed E-state index contributed by atoms with van der Waals surface area (Å²) in [5.41, 5.74) is 7.36. The number of carboxylic acids is 1. The number of aliphatic carboxylic acids is 1. The first-order chi connectivity index (χ1) is 13.8. The monoisotopic (exact) mass is 425 g/mol. The minimum Gasteiger partial charge on any atom is -0.481 e. The van der Waals surface area contributed by atoms with Crippen molar-refractivity contribution in [1.82, 2.24) is 10.6 Å². The van der Waals surface area contributed by atoms with Crippen LogP contribution in [0.5, 0.6) is 0 Å². The van der Waals surface area contributed by atoms with E-state index in [1.54, 1.807) is 13.8 Å². The number of carboxylic acid groups (broad SMARTS) is 1. The molecule has 1 saturated carbocycles. The Bertz CT molecular complexity index is 716. The Hall–Kier alpha value is -2.66. The molecule has 1 aliphatic carbocycles. The standard InChI is InChI=1S/C19H29N4O7/c1-10(2)8-12(22-16(29)11(20)4-7-15(27)28)17(30)23-18(3,21)19(9-24)13(25)5-6-14(19)26/h10-12H,4-8,20-21H2,1-3H3,(H,22,29)(H,23,30)(H,27,28)/t11-,12-,18?/m0/s1. The van der Waals surface area contributed by atoms with Crippen LogP contribution in [0.25, 0.3) is 0 Å². The minimum atomic E-state index is -2.31. The number of rotatable bonds is 11. The first kappa shape index (κ1) is 25.4. The van der Waals surface area contributed by atoms with Gasteiger partial charge in [-0.05, 0) is 25.7 Å². The highest BCUT2D eigenvalue weighted by Crippen LogP contribution is 2.37. The van der Waals surface area contributed by atoms with Crippen LogP contribution in [0.3, 0.4) is 0 Å². The highest BCUT2D eigenvalue weighted by Gasteiger charge is 2.61. The fourth-order valence-corrected chi connectivity index (χ4v) is 3.39. The SMILES string of the molecule is CC(C)C[C@H](NC(=O)[C@@H](N)CCC(=O)O)C(=O)NC(C)(N)C1([C]=O)C(=O)CCC1=O. The van der Waals surface area contributed by atoms with Crippen LogP contribution in [0.1, 0.15) is 52.9 Å². The second-order valence-corrected chi connectivity index (χ2v) is 8.12. The maximum Gasteiger partial charge on any atom is 0.303 e. The van der Waals surface area contributed by atoms with E-state index in [4.69, 9.17) is 16.6 Å². The van der Waals surface area contributed by atoms with E-state index in [1.807, 2.05) is 0 Å². The molecule has 0 aliphatic heterocycles. The summed E-state index contributed by atoms with van der Waals surface area (Å²) in [6, 6.07) is -2.29. The quantitative estimate of drug-likeness (QED) is 0.194. The fourth-order valence-electron chi connectivity index (χ4n) is 3.39. The predicted molar refractivity (Wildman–Crippen MR) is 104 cm³/mol. The van der Waals surface area contributed by atoms with E-state index in [1.165, 1.54) is 13.2 Å². The third-order valence-electron chi connectivity index (χ3n) is 5.08. The number of hydrogen-bond acceptors (Lipinski definition) is 8. The molecule has 167 valence electrons. The molecular formula is C19H29N4O7. The molecule has 3 atom stereocenters. The van der Waals surface area contributed by atoms with Crippen molar-refractivity contribution in [3.8, 4) is 0 Å². The lowest BCUT2D eigenvalue weighted by atomic mass is 9.74. The maximum atomic E-state index is 12.9. The van der Waals surface area contributed by atoms with E-state index in [0.29, 0.717) is 0 Å². The van der Waals surface area contributed by atoms with Crippen molar-refractivity contribution in [2.45, 2.75) is 70.6 Å². The summed E-state index contributed by atoms with van der Waals surface area (Å²) in [6.45, 7) is 4.76. The molecule has 11 nitrogen and oxygen atoms in total. The molecule has 1 radical (unpaired) electrons. The summed E-state index contributed by atoms with van der Waals surface area (Å²) in [5, 5.41) is 13.5. The lowest BCUT2D eigenvalue weighted by molar-refractivity contribution is -0.139. The Morgan fingerprint density at radius 3 is 2.17 bits per heavy atom. The first-order valence-electron chi connectivity index (χ1n) is 9.63. The minimum absolute atomic E-state index is 0.0540. The predicted octanol–water partition coefficient (Wildman–Crippen LogP) is -1.47. The van der Waals surface area contributed by atoms with E-state index in [0.717, 1.165) is 0 Å². The summed E-state index contributed by atoms with van der Waals surface area (Å²) in [5.74, 6) is -4.17. The van der Waals surface area contributed by atoms with Crippen LogP contribution in [-0.2, 0) is 28.8 Å². The fraction of sp³-hybridized carbons (Fsp3) is 0.684. The number of Topliss-reactive ketones (excluding diaryl/α,β-unsaturated/α-hetero) is 2. The van der Waals surface area contributed by atoms with E-state index in [2.05, 4.69) is 10.6 Å². The van der Waals surface area contributed by atoms with Crippen molar-refractivity contribution in [3.63, 3.8) is 0 Å². The third-order valence-corrected chi connectivity index (χ3v) is 5.08. The highest BCUT2D eigenvalue weighted by atomic mass is 16.4. The van der Waals surface area contributed by atoms with E-state index in [-0.39, 0.29) is 38.0 Å². The van der Waals surface area contributed by atoms with E-state index < -0.39 is 52.5 Å².